The highest BCUT2D eigenvalue weighted by Gasteiger charge is 2.40. The summed E-state index contributed by atoms with van der Waals surface area (Å²) in [6.07, 6.45) is 2.55. The number of carbonyl (C=O) groups is 1. The average molecular weight is 478 g/mol. The predicted octanol–water partition coefficient (Wildman–Crippen LogP) is 6.01. The van der Waals surface area contributed by atoms with E-state index < -0.39 is 17.2 Å². The summed E-state index contributed by atoms with van der Waals surface area (Å²) in [4.78, 5) is 26.2. The highest BCUT2D eigenvalue weighted by Crippen LogP contribution is 2.43. The lowest BCUT2D eigenvalue weighted by molar-refractivity contribution is 0.0635. The Kier molecular flexibility index (Phi) is 5.98. The molecule has 1 N–H and O–H groups in total. The maximum absolute atomic E-state index is 12.7. The Morgan fingerprint density at radius 2 is 1.25 bits per heavy atom. The predicted molar refractivity (Wildman–Crippen MR) is 140 cm³/mol. The molecule has 2 heterocycles. The van der Waals surface area contributed by atoms with E-state index >= 15 is 0 Å². The van der Waals surface area contributed by atoms with Gasteiger partial charge in [0.25, 0.3) is 0 Å². The molecular formula is C29H27N5O2. The van der Waals surface area contributed by atoms with Crippen molar-refractivity contribution in [2.45, 2.75) is 31.9 Å². The van der Waals surface area contributed by atoms with E-state index in [0.29, 0.717) is 17.0 Å². The maximum atomic E-state index is 12.7. The minimum Gasteiger partial charge on any atom is -0.444 e. The fourth-order valence-electron chi connectivity index (χ4n) is 4.56. The Hall–Kier alpha value is -4.52. The molecule has 0 spiro atoms. The van der Waals surface area contributed by atoms with E-state index in [2.05, 4.69) is 56.7 Å². The molecule has 0 saturated heterocycles. The van der Waals surface area contributed by atoms with Gasteiger partial charge >= 0.3 is 6.09 Å². The lowest BCUT2D eigenvalue weighted by Crippen LogP contribution is -2.37. The van der Waals surface area contributed by atoms with Crippen LogP contribution in [-0.4, -0.2) is 31.2 Å². The van der Waals surface area contributed by atoms with Crippen LogP contribution in [0.5, 0.6) is 0 Å². The molecule has 0 aliphatic rings. The number of hydrogen-bond acceptors (Lipinski definition) is 5. The summed E-state index contributed by atoms with van der Waals surface area (Å²) in [7, 11) is 0. The van der Waals surface area contributed by atoms with Gasteiger partial charge in [0.2, 0.25) is 0 Å². The van der Waals surface area contributed by atoms with Crippen molar-refractivity contribution in [2.75, 3.05) is 5.32 Å². The van der Waals surface area contributed by atoms with Crippen molar-refractivity contribution in [3.05, 3.63) is 120 Å². The Labute approximate surface area is 209 Å². The number of imidazole rings is 1. The normalized spacial score (nSPS) is 11.9. The minimum atomic E-state index is -0.826. The van der Waals surface area contributed by atoms with Gasteiger partial charge in [0.05, 0.1) is 6.33 Å². The van der Waals surface area contributed by atoms with Crippen LogP contribution in [0, 0.1) is 0 Å². The van der Waals surface area contributed by atoms with Gasteiger partial charge in [0.1, 0.15) is 23.0 Å². The number of rotatable bonds is 5. The van der Waals surface area contributed by atoms with E-state index in [9.17, 15) is 4.79 Å². The lowest BCUT2D eigenvalue weighted by Gasteiger charge is -2.38. The summed E-state index contributed by atoms with van der Waals surface area (Å²) in [6.45, 7) is 5.45. The molecule has 3 aromatic carbocycles. The molecule has 7 heteroatoms. The zero-order valence-electron chi connectivity index (χ0n) is 20.4. The van der Waals surface area contributed by atoms with Crippen LogP contribution in [0.2, 0.25) is 0 Å². The van der Waals surface area contributed by atoms with Gasteiger partial charge in [-0.05, 0) is 37.5 Å². The fraction of sp³-hybridized carbons (Fsp3) is 0.172. The number of fused-ring (bicyclic) bond motifs is 1. The standard InChI is InChI=1S/C29H27N5O2/c1-28(2,3)36-27(35)33-26-24-25(30-19-31-26)32-20-34(24)29(21-13-7-4-8-14-21,22-15-9-5-10-16-22)23-17-11-6-12-18-23/h4-20H,1-3H3,(H,30,31,33,35). The minimum absolute atomic E-state index is 0.318. The Bertz CT molecular complexity index is 1380. The van der Waals surface area contributed by atoms with Crippen molar-refractivity contribution < 1.29 is 9.53 Å². The number of anilines is 1. The summed E-state index contributed by atoms with van der Waals surface area (Å²) in [5.74, 6) is 0.318. The third-order valence-electron chi connectivity index (χ3n) is 5.89. The molecule has 0 radical (unpaired) electrons. The first-order chi connectivity index (χ1) is 17.4. The third-order valence-corrected chi connectivity index (χ3v) is 5.89. The number of carbonyl (C=O) groups excluding carboxylic acids is 1. The van der Waals surface area contributed by atoms with E-state index in [0.717, 1.165) is 16.7 Å². The fourth-order valence-corrected chi connectivity index (χ4v) is 4.56. The highest BCUT2D eigenvalue weighted by atomic mass is 16.6. The van der Waals surface area contributed by atoms with Crippen LogP contribution in [0.3, 0.4) is 0 Å². The van der Waals surface area contributed by atoms with Crippen LogP contribution in [0.1, 0.15) is 37.5 Å². The van der Waals surface area contributed by atoms with Crippen LogP contribution in [-0.2, 0) is 10.3 Å². The molecule has 0 saturated carbocycles. The number of ether oxygens (including phenoxy) is 1. The summed E-state index contributed by atoms with van der Waals surface area (Å²) in [5.41, 5.74) is 2.63. The van der Waals surface area contributed by atoms with E-state index in [1.54, 1.807) is 6.33 Å². The Morgan fingerprint density at radius 3 is 1.72 bits per heavy atom. The van der Waals surface area contributed by atoms with Gasteiger partial charge in [-0.2, -0.15) is 0 Å². The topological polar surface area (TPSA) is 81.9 Å². The van der Waals surface area contributed by atoms with Crippen molar-refractivity contribution in [2.24, 2.45) is 0 Å². The summed E-state index contributed by atoms with van der Waals surface area (Å²) >= 11 is 0. The number of hydrogen-bond donors (Lipinski definition) is 1. The molecular weight excluding hydrogens is 450 g/mol. The molecule has 0 aliphatic heterocycles. The molecule has 0 fully saturated rings. The lowest BCUT2D eigenvalue weighted by atomic mass is 9.76. The van der Waals surface area contributed by atoms with Gasteiger partial charge in [0.15, 0.2) is 11.5 Å². The molecule has 0 aliphatic carbocycles. The van der Waals surface area contributed by atoms with Crippen molar-refractivity contribution in [1.82, 2.24) is 19.5 Å². The second-order valence-electron chi connectivity index (χ2n) is 9.44. The summed E-state index contributed by atoms with van der Waals surface area (Å²) in [6, 6.07) is 30.7. The quantitative estimate of drug-likeness (QED) is 0.313. The molecule has 0 unspecified atom stereocenters. The Balaban J connectivity index is 1.83. The molecule has 36 heavy (non-hydrogen) atoms. The van der Waals surface area contributed by atoms with Crippen molar-refractivity contribution in [3.63, 3.8) is 0 Å². The van der Waals surface area contributed by atoms with Crippen LogP contribution < -0.4 is 5.32 Å². The van der Waals surface area contributed by atoms with E-state index in [-0.39, 0.29) is 0 Å². The SMILES string of the molecule is CC(C)(C)OC(=O)Nc1ncnc2ncn(C(c3ccccc3)(c3ccccc3)c3ccccc3)c12. The second-order valence-corrected chi connectivity index (χ2v) is 9.44. The molecule has 180 valence electrons. The zero-order valence-corrected chi connectivity index (χ0v) is 20.4. The summed E-state index contributed by atoms with van der Waals surface area (Å²) in [5, 5.41) is 2.82. The van der Waals surface area contributed by atoms with Gasteiger partial charge in [-0.15, -0.1) is 0 Å². The Morgan fingerprint density at radius 1 is 0.750 bits per heavy atom. The first kappa shape index (κ1) is 23.2. The highest BCUT2D eigenvalue weighted by molar-refractivity contribution is 5.94. The van der Waals surface area contributed by atoms with Crippen LogP contribution in [0.15, 0.2) is 104 Å². The monoisotopic (exact) mass is 477 g/mol. The zero-order chi connectivity index (χ0) is 25.2. The molecule has 7 nitrogen and oxygen atoms in total. The second kappa shape index (κ2) is 9.26. The van der Waals surface area contributed by atoms with Crippen LogP contribution >= 0.6 is 0 Å². The van der Waals surface area contributed by atoms with E-state index in [1.807, 2.05) is 79.9 Å². The summed E-state index contributed by atoms with van der Waals surface area (Å²) < 4.78 is 7.54. The smallest absolute Gasteiger partial charge is 0.413 e. The number of benzene rings is 3. The third kappa shape index (κ3) is 4.20. The average Bonchev–Trinajstić information content (AvgIpc) is 3.31. The molecule has 2 aromatic heterocycles. The maximum Gasteiger partial charge on any atom is 0.413 e. The molecule has 0 atom stereocenters. The molecule has 1 amide bonds. The molecule has 5 rings (SSSR count). The van der Waals surface area contributed by atoms with Gasteiger partial charge in [-0.3, -0.25) is 5.32 Å². The molecule has 0 bridgehead atoms. The van der Waals surface area contributed by atoms with Crippen molar-refractivity contribution in [3.8, 4) is 0 Å². The van der Waals surface area contributed by atoms with Gasteiger partial charge in [-0.25, -0.2) is 19.7 Å². The van der Waals surface area contributed by atoms with Crippen molar-refractivity contribution >= 4 is 23.1 Å². The number of nitrogens with one attached hydrogen (secondary N) is 1. The van der Waals surface area contributed by atoms with Gasteiger partial charge in [0, 0.05) is 0 Å². The first-order valence-electron chi connectivity index (χ1n) is 11.7. The first-order valence-corrected chi connectivity index (χ1v) is 11.7. The number of aromatic nitrogens is 4. The number of amides is 1. The van der Waals surface area contributed by atoms with Crippen molar-refractivity contribution in [1.29, 1.82) is 0 Å². The van der Waals surface area contributed by atoms with E-state index in [4.69, 9.17) is 4.74 Å². The largest absolute Gasteiger partial charge is 0.444 e. The van der Waals surface area contributed by atoms with Crippen LogP contribution in [0.25, 0.3) is 11.2 Å². The molecule has 5 aromatic rings. The van der Waals surface area contributed by atoms with E-state index in [1.165, 1.54) is 6.33 Å². The van der Waals surface area contributed by atoms with Crippen LogP contribution in [0.4, 0.5) is 10.6 Å². The number of nitrogens with zero attached hydrogens (tertiary/aromatic N) is 4. The van der Waals surface area contributed by atoms with Gasteiger partial charge in [-0.1, -0.05) is 91.0 Å². The van der Waals surface area contributed by atoms with Gasteiger partial charge < -0.3 is 9.30 Å².